The molecule has 1 aliphatic carbocycles. The van der Waals surface area contributed by atoms with Gasteiger partial charge in [-0.05, 0) is 67.8 Å². The van der Waals surface area contributed by atoms with E-state index in [-0.39, 0.29) is 0 Å². The fraction of sp³-hybridized carbons (Fsp3) is 0.538. The van der Waals surface area contributed by atoms with Crippen LogP contribution in [0.3, 0.4) is 0 Å². The van der Waals surface area contributed by atoms with E-state index in [1.807, 2.05) is 6.07 Å². The third-order valence-corrected chi connectivity index (χ3v) is 3.26. The van der Waals surface area contributed by atoms with Crippen LogP contribution < -0.4 is 5.73 Å². The van der Waals surface area contributed by atoms with Gasteiger partial charge in [-0.1, -0.05) is 6.07 Å². The largest absolute Gasteiger partial charge is 0.508 e. The maximum atomic E-state index is 9.84. The number of unbranched alkanes of at least 4 members (excludes halogenated alkanes) is 1. The Morgan fingerprint density at radius 3 is 2.87 bits per heavy atom. The SMILES string of the molecule is NCCCCc1c(O)ccc2c1CCC2. The van der Waals surface area contributed by atoms with Crippen LogP contribution in [0.5, 0.6) is 5.75 Å². The number of hydrogen-bond acceptors (Lipinski definition) is 2. The average Bonchev–Trinajstić information content (AvgIpc) is 2.69. The van der Waals surface area contributed by atoms with E-state index in [0.29, 0.717) is 5.75 Å². The van der Waals surface area contributed by atoms with Crippen molar-refractivity contribution in [3.63, 3.8) is 0 Å². The second kappa shape index (κ2) is 4.67. The lowest BCUT2D eigenvalue weighted by Gasteiger charge is -2.10. The zero-order valence-corrected chi connectivity index (χ0v) is 9.13. The van der Waals surface area contributed by atoms with Gasteiger partial charge >= 0.3 is 0 Å². The summed E-state index contributed by atoms with van der Waals surface area (Å²) >= 11 is 0. The minimum atomic E-state index is 0.479. The van der Waals surface area contributed by atoms with Gasteiger partial charge in [0.05, 0.1) is 0 Å². The van der Waals surface area contributed by atoms with Crippen LogP contribution >= 0.6 is 0 Å². The van der Waals surface area contributed by atoms with Gasteiger partial charge in [0.2, 0.25) is 0 Å². The van der Waals surface area contributed by atoms with E-state index in [1.165, 1.54) is 29.5 Å². The Hall–Kier alpha value is -1.02. The van der Waals surface area contributed by atoms with Crippen molar-refractivity contribution in [2.45, 2.75) is 38.5 Å². The van der Waals surface area contributed by atoms with Crippen LogP contribution in [0.4, 0.5) is 0 Å². The first kappa shape index (κ1) is 10.5. The molecule has 0 amide bonds. The number of rotatable bonds is 4. The summed E-state index contributed by atoms with van der Waals surface area (Å²) in [6.45, 7) is 0.746. The molecule has 0 bridgehead atoms. The van der Waals surface area contributed by atoms with Crippen molar-refractivity contribution in [3.8, 4) is 5.75 Å². The summed E-state index contributed by atoms with van der Waals surface area (Å²) < 4.78 is 0. The lowest BCUT2D eigenvalue weighted by Crippen LogP contribution is -2.00. The van der Waals surface area contributed by atoms with E-state index < -0.39 is 0 Å². The molecule has 2 rings (SSSR count). The predicted molar refractivity (Wildman–Crippen MR) is 62.1 cm³/mol. The molecule has 0 saturated heterocycles. The van der Waals surface area contributed by atoms with Gasteiger partial charge in [0.25, 0.3) is 0 Å². The lowest BCUT2D eigenvalue weighted by molar-refractivity contribution is 0.465. The van der Waals surface area contributed by atoms with Crippen molar-refractivity contribution in [2.24, 2.45) is 5.73 Å². The molecule has 2 nitrogen and oxygen atoms in total. The molecule has 1 aromatic carbocycles. The first-order valence-corrected chi connectivity index (χ1v) is 5.85. The molecule has 15 heavy (non-hydrogen) atoms. The molecule has 0 heterocycles. The van der Waals surface area contributed by atoms with Crippen molar-refractivity contribution >= 4 is 0 Å². The Morgan fingerprint density at radius 1 is 1.20 bits per heavy atom. The molecular weight excluding hydrogens is 186 g/mol. The normalized spacial score (nSPS) is 14.2. The first-order valence-electron chi connectivity index (χ1n) is 5.85. The first-order chi connectivity index (χ1) is 7.33. The van der Waals surface area contributed by atoms with Gasteiger partial charge < -0.3 is 10.8 Å². The molecule has 0 spiro atoms. The quantitative estimate of drug-likeness (QED) is 0.740. The zero-order chi connectivity index (χ0) is 10.7. The second-order valence-electron chi connectivity index (χ2n) is 4.30. The van der Waals surface area contributed by atoms with Gasteiger partial charge in [-0.2, -0.15) is 0 Å². The van der Waals surface area contributed by atoms with E-state index in [1.54, 1.807) is 0 Å². The summed E-state index contributed by atoms with van der Waals surface area (Å²) in [7, 11) is 0. The maximum absolute atomic E-state index is 9.84. The molecule has 0 fully saturated rings. The lowest BCUT2D eigenvalue weighted by atomic mass is 9.98. The number of aryl methyl sites for hydroxylation is 1. The van der Waals surface area contributed by atoms with Gasteiger partial charge in [-0.25, -0.2) is 0 Å². The number of aromatic hydroxyl groups is 1. The molecule has 1 aliphatic rings. The summed E-state index contributed by atoms with van der Waals surface area (Å²) in [6, 6.07) is 3.92. The average molecular weight is 205 g/mol. The number of hydrogen-bond donors (Lipinski definition) is 2. The molecule has 0 unspecified atom stereocenters. The maximum Gasteiger partial charge on any atom is 0.119 e. The van der Waals surface area contributed by atoms with E-state index in [2.05, 4.69) is 6.07 Å². The molecule has 0 atom stereocenters. The fourth-order valence-electron chi connectivity index (χ4n) is 2.46. The number of fused-ring (bicyclic) bond motifs is 1. The van der Waals surface area contributed by atoms with Crippen LogP contribution in [0.25, 0.3) is 0 Å². The summed E-state index contributed by atoms with van der Waals surface area (Å²) in [6.07, 6.45) is 6.67. The summed E-state index contributed by atoms with van der Waals surface area (Å²) in [5.41, 5.74) is 9.51. The number of phenols is 1. The van der Waals surface area contributed by atoms with Gasteiger partial charge in [-0.3, -0.25) is 0 Å². The third kappa shape index (κ3) is 2.15. The van der Waals surface area contributed by atoms with Gasteiger partial charge in [0.1, 0.15) is 5.75 Å². The molecule has 82 valence electrons. The topological polar surface area (TPSA) is 46.2 Å². The monoisotopic (exact) mass is 205 g/mol. The van der Waals surface area contributed by atoms with E-state index >= 15 is 0 Å². The highest BCUT2D eigenvalue weighted by Crippen LogP contribution is 2.32. The van der Waals surface area contributed by atoms with Crippen molar-refractivity contribution in [1.29, 1.82) is 0 Å². The molecule has 1 aromatic rings. The molecule has 3 N–H and O–H groups in total. The number of phenolic OH excluding ortho intramolecular Hbond substituents is 1. The smallest absolute Gasteiger partial charge is 0.119 e. The van der Waals surface area contributed by atoms with E-state index in [4.69, 9.17) is 5.73 Å². The van der Waals surface area contributed by atoms with Crippen molar-refractivity contribution in [3.05, 3.63) is 28.8 Å². The molecule has 0 aromatic heterocycles. The highest BCUT2D eigenvalue weighted by molar-refractivity contribution is 5.46. The summed E-state index contributed by atoms with van der Waals surface area (Å²) in [5, 5.41) is 9.84. The second-order valence-corrected chi connectivity index (χ2v) is 4.30. The van der Waals surface area contributed by atoms with Gasteiger partial charge in [0.15, 0.2) is 0 Å². The summed E-state index contributed by atoms with van der Waals surface area (Å²) in [4.78, 5) is 0. The van der Waals surface area contributed by atoms with Gasteiger partial charge in [-0.15, -0.1) is 0 Å². The van der Waals surface area contributed by atoms with Crippen LogP contribution in [0.15, 0.2) is 12.1 Å². The van der Waals surface area contributed by atoms with Crippen LogP contribution in [0.2, 0.25) is 0 Å². The molecular formula is C13H19NO. The summed E-state index contributed by atoms with van der Waals surface area (Å²) in [5.74, 6) is 0.479. The molecule has 0 radical (unpaired) electrons. The van der Waals surface area contributed by atoms with Crippen LogP contribution in [-0.2, 0) is 19.3 Å². The molecule has 2 heteroatoms. The van der Waals surface area contributed by atoms with Crippen molar-refractivity contribution in [2.75, 3.05) is 6.54 Å². The predicted octanol–water partition coefficient (Wildman–Crippen LogP) is 2.16. The standard InChI is InChI=1S/C13H19NO/c14-9-2-1-5-12-11-6-3-4-10(11)7-8-13(12)15/h7-8,15H,1-6,9,14H2. The Kier molecular flexibility index (Phi) is 3.27. The highest BCUT2D eigenvalue weighted by atomic mass is 16.3. The van der Waals surface area contributed by atoms with E-state index in [9.17, 15) is 5.11 Å². The highest BCUT2D eigenvalue weighted by Gasteiger charge is 2.16. The molecule has 0 aliphatic heterocycles. The molecule has 0 saturated carbocycles. The van der Waals surface area contributed by atoms with Crippen LogP contribution in [0.1, 0.15) is 36.0 Å². The zero-order valence-electron chi connectivity index (χ0n) is 9.13. The fourth-order valence-corrected chi connectivity index (χ4v) is 2.46. The Morgan fingerprint density at radius 2 is 2.07 bits per heavy atom. The third-order valence-electron chi connectivity index (χ3n) is 3.26. The van der Waals surface area contributed by atoms with Crippen LogP contribution in [0, 0.1) is 0 Å². The van der Waals surface area contributed by atoms with E-state index in [0.717, 1.165) is 32.2 Å². The Labute approximate surface area is 91.1 Å². The minimum absolute atomic E-state index is 0.479. The van der Waals surface area contributed by atoms with Gasteiger partial charge in [0, 0.05) is 0 Å². The Bertz CT molecular complexity index is 347. The minimum Gasteiger partial charge on any atom is -0.508 e. The van der Waals surface area contributed by atoms with Crippen molar-refractivity contribution in [1.82, 2.24) is 0 Å². The van der Waals surface area contributed by atoms with Crippen LogP contribution in [-0.4, -0.2) is 11.7 Å². The number of nitrogens with two attached hydrogens (primary N) is 1. The Balaban J connectivity index is 2.17. The number of benzene rings is 1. The van der Waals surface area contributed by atoms with Crippen molar-refractivity contribution < 1.29 is 5.11 Å².